The van der Waals surface area contributed by atoms with Crippen LogP contribution < -0.4 is 0 Å². The number of hydrogen-bond acceptors (Lipinski definition) is 3. The SMILES string of the molecule is CC(Cc1cccs1)N(C)CCC(=O)c1ccc(Cl)cc1. The molecule has 0 spiro atoms. The van der Waals surface area contributed by atoms with Gasteiger partial charge in [-0.15, -0.1) is 11.3 Å². The molecule has 1 unspecified atom stereocenters. The maximum Gasteiger partial charge on any atom is 0.164 e. The lowest BCUT2D eigenvalue weighted by Gasteiger charge is -2.24. The highest BCUT2D eigenvalue weighted by Gasteiger charge is 2.13. The molecule has 0 radical (unpaired) electrons. The van der Waals surface area contributed by atoms with Gasteiger partial charge in [0.05, 0.1) is 0 Å². The topological polar surface area (TPSA) is 20.3 Å². The van der Waals surface area contributed by atoms with Gasteiger partial charge in [-0.3, -0.25) is 4.79 Å². The molecule has 0 saturated heterocycles. The highest BCUT2D eigenvalue weighted by Crippen LogP contribution is 2.15. The van der Waals surface area contributed by atoms with Crippen LogP contribution in [0.3, 0.4) is 0 Å². The average Bonchev–Trinajstić information content (AvgIpc) is 2.98. The molecule has 0 bridgehead atoms. The number of Topliss-reactive ketones (excluding diaryl/α,β-unsaturated/α-hetero) is 1. The zero-order chi connectivity index (χ0) is 15.2. The molecule has 112 valence electrons. The van der Waals surface area contributed by atoms with Crippen LogP contribution in [0.5, 0.6) is 0 Å². The molecule has 0 aliphatic carbocycles. The summed E-state index contributed by atoms with van der Waals surface area (Å²) >= 11 is 7.62. The number of thiophene rings is 1. The zero-order valence-electron chi connectivity index (χ0n) is 12.4. The molecule has 1 aromatic carbocycles. The summed E-state index contributed by atoms with van der Waals surface area (Å²) in [4.78, 5) is 15.8. The maximum absolute atomic E-state index is 12.1. The minimum atomic E-state index is 0.168. The smallest absolute Gasteiger partial charge is 0.164 e. The number of benzene rings is 1. The molecule has 0 aliphatic heterocycles. The molecule has 0 aliphatic rings. The second-order valence-corrected chi connectivity index (χ2v) is 6.76. The number of nitrogens with zero attached hydrogens (tertiary/aromatic N) is 1. The third kappa shape index (κ3) is 4.95. The van der Waals surface area contributed by atoms with Crippen molar-refractivity contribution in [2.45, 2.75) is 25.8 Å². The van der Waals surface area contributed by atoms with Gasteiger partial charge in [-0.25, -0.2) is 0 Å². The van der Waals surface area contributed by atoms with E-state index in [1.54, 1.807) is 35.6 Å². The molecule has 2 nitrogen and oxygen atoms in total. The zero-order valence-corrected chi connectivity index (χ0v) is 14.0. The van der Waals surface area contributed by atoms with Crippen molar-refractivity contribution in [2.75, 3.05) is 13.6 Å². The fourth-order valence-electron chi connectivity index (χ4n) is 2.15. The van der Waals surface area contributed by atoms with Crippen molar-refractivity contribution in [3.63, 3.8) is 0 Å². The number of ketones is 1. The quantitative estimate of drug-likeness (QED) is 0.698. The number of carbonyl (C=O) groups excluding carboxylic acids is 1. The fourth-order valence-corrected chi connectivity index (χ4v) is 3.11. The third-order valence-corrected chi connectivity index (χ3v) is 4.84. The number of likely N-dealkylation sites (N-methyl/N-ethyl adjacent to an activating group) is 1. The van der Waals surface area contributed by atoms with E-state index in [0.29, 0.717) is 17.5 Å². The minimum absolute atomic E-state index is 0.168. The van der Waals surface area contributed by atoms with Crippen molar-refractivity contribution >= 4 is 28.7 Å². The Morgan fingerprint density at radius 2 is 2.00 bits per heavy atom. The summed E-state index contributed by atoms with van der Waals surface area (Å²) in [5, 5.41) is 2.76. The average molecular weight is 322 g/mol. The molecule has 0 amide bonds. The van der Waals surface area contributed by atoms with Gasteiger partial charge < -0.3 is 4.90 Å². The van der Waals surface area contributed by atoms with E-state index in [4.69, 9.17) is 11.6 Å². The Hall–Kier alpha value is -1.16. The predicted octanol–water partition coefficient (Wildman–Crippen LogP) is 4.54. The van der Waals surface area contributed by atoms with Gasteiger partial charge in [0.25, 0.3) is 0 Å². The van der Waals surface area contributed by atoms with E-state index in [-0.39, 0.29) is 5.78 Å². The van der Waals surface area contributed by atoms with Crippen LogP contribution in [0.4, 0.5) is 0 Å². The summed E-state index contributed by atoms with van der Waals surface area (Å²) in [6, 6.07) is 11.8. The third-order valence-electron chi connectivity index (χ3n) is 3.69. The van der Waals surface area contributed by atoms with Crippen molar-refractivity contribution < 1.29 is 4.79 Å². The van der Waals surface area contributed by atoms with Crippen LogP contribution in [0.25, 0.3) is 0 Å². The first kappa shape index (κ1) is 16.2. The molecule has 0 fully saturated rings. The Bertz CT molecular complexity index is 565. The molecule has 4 heteroatoms. The van der Waals surface area contributed by atoms with Crippen molar-refractivity contribution in [3.8, 4) is 0 Å². The Labute approximate surface area is 135 Å². The number of hydrogen-bond donors (Lipinski definition) is 0. The van der Waals surface area contributed by atoms with Gasteiger partial charge in [-0.1, -0.05) is 17.7 Å². The summed E-state index contributed by atoms with van der Waals surface area (Å²) in [6.45, 7) is 2.97. The van der Waals surface area contributed by atoms with Crippen LogP contribution in [0.2, 0.25) is 5.02 Å². The van der Waals surface area contributed by atoms with Crippen LogP contribution in [-0.2, 0) is 6.42 Å². The number of rotatable bonds is 7. The van der Waals surface area contributed by atoms with Crippen LogP contribution >= 0.6 is 22.9 Å². The summed E-state index contributed by atoms with van der Waals surface area (Å²) in [5.41, 5.74) is 0.735. The summed E-state index contributed by atoms with van der Waals surface area (Å²) in [5.74, 6) is 0.168. The van der Waals surface area contributed by atoms with Crippen LogP contribution in [0.15, 0.2) is 41.8 Å². The van der Waals surface area contributed by atoms with Gasteiger partial charge >= 0.3 is 0 Å². The molecule has 21 heavy (non-hydrogen) atoms. The van der Waals surface area contributed by atoms with Gasteiger partial charge in [-0.05, 0) is 56.1 Å². The fraction of sp³-hybridized carbons (Fsp3) is 0.353. The van der Waals surface area contributed by atoms with Gasteiger partial charge in [0.15, 0.2) is 5.78 Å². The monoisotopic (exact) mass is 321 g/mol. The number of halogens is 1. The standard InChI is InChI=1S/C17H20ClNOS/c1-13(12-16-4-3-11-21-16)19(2)10-9-17(20)14-5-7-15(18)8-6-14/h3-8,11,13H,9-10,12H2,1-2H3. The molecule has 0 saturated carbocycles. The molecule has 2 aromatic rings. The Morgan fingerprint density at radius 1 is 1.29 bits per heavy atom. The Balaban J connectivity index is 1.81. The molecule has 1 aromatic heterocycles. The largest absolute Gasteiger partial charge is 0.303 e. The maximum atomic E-state index is 12.1. The second-order valence-electron chi connectivity index (χ2n) is 5.29. The number of carbonyl (C=O) groups is 1. The highest BCUT2D eigenvalue weighted by atomic mass is 35.5. The highest BCUT2D eigenvalue weighted by molar-refractivity contribution is 7.09. The van der Waals surface area contributed by atoms with Gasteiger partial charge in [0, 0.05) is 34.5 Å². The molecular formula is C17H20ClNOS. The summed E-state index contributed by atoms with van der Waals surface area (Å²) in [7, 11) is 2.08. The normalized spacial score (nSPS) is 12.6. The molecule has 2 rings (SSSR count). The van der Waals surface area contributed by atoms with E-state index in [1.807, 2.05) is 0 Å². The Kier molecular flexibility index (Phi) is 5.97. The second kappa shape index (κ2) is 7.74. The van der Waals surface area contributed by atoms with Gasteiger partial charge in [0.2, 0.25) is 0 Å². The minimum Gasteiger partial charge on any atom is -0.303 e. The van der Waals surface area contributed by atoms with E-state index in [1.165, 1.54) is 4.88 Å². The Morgan fingerprint density at radius 3 is 2.62 bits per heavy atom. The van der Waals surface area contributed by atoms with Crippen molar-refractivity contribution in [2.24, 2.45) is 0 Å². The van der Waals surface area contributed by atoms with Crippen LogP contribution in [0.1, 0.15) is 28.6 Å². The lowest BCUT2D eigenvalue weighted by atomic mass is 10.1. The van der Waals surface area contributed by atoms with Gasteiger partial charge in [-0.2, -0.15) is 0 Å². The molecule has 1 atom stereocenters. The van der Waals surface area contributed by atoms with E-state index < -0.39 is 0 Å². The molecular weight excluding hydrogens is 302 g/mol. The van der Waals surface area contributed by atoms with Crippen LogP contribution in [-0.4, -0.2) is 30.3 Å². The van der Waals surface area contributed by atoms with Gasteiger partial charge in [0.1, 0.15) is 0 Å². The summed E-state index contributed by atoms with van der Waals surface area (Å²) in [6.07, 6.45) is 1.57. The first-order valence-corrected chi connectivity index (χ1v) is 8.33. The molecule has 1 heterocycles. The van der Waals surface area contributed by atoms with Crippen molar-refractivity contribution in [3.05, 3.63) is 57.2 Å². The first-order chi connectivity index (χ1) is 10.1. The van der Waals surface area contributed by atoms with Crippen LogP contribution in [0, 0.1) is 0 Å². The lowest BCUT2D eigenvalue weighted by Crippen LogP contribution is -2.32. The van der Waals surface area contributed by atoms with E-state index >= 15 is 0 Å². The van der Waals surface area contributed by atoms with E-state index in [9.17, 15) is 4.79 Å². The molecule has 0 N–H and O–H groups in total. The first-order valence-electron chi connectivity index (χ1n) is 7.07. The summed E-state index contributed by atoms with van der Waals surface area (Å²) < 4.78 is 0. The lowest BCUT2D eigenvalue weighted by molar-refractivity contribution is 0.0962. The predicted molar refractivity (Wildman–Crippen MR) is 90.5 cm³/mol. The van der Waals surface area contributed by atoms with Crippen molar-refractivity contribution in [1.29, 1.82) is 0 Å². The van der Waals surface area contributed by atoms with E-state index in [2.05, 4.69) is 36.4 Å². The van der Waals surface area contributed by atoms with Crippen molar-refractivity contribution in [1.82, 2.24) is 4.90 Å². The van der Waals surface area contributed by atoms with E-state index in [0.717, 1.165) is 18.5 Å².